The van der Waals surface area contributed by atoms with Crippen molar-refractivity contribution in [2.24, 2.45) is 0 Å². The van der Waals surface area contributed by atoms with E-state index in [1.165, 1.54) is 0 Å². The van der Waals surface area contributed by atoms with E-state index in [0.29, 0.717) is 6.42 Å². The van der Waals surface area contributed by atoms with Gasteiger partial charge in [-0.15, -0.1) is 0 Å². The zero-order chi connectivity index (χ0) is 12.7. The number of halogens is 2. The highest BCUT2D eigenvalue weighted by Gasteiger charge is 2.09. The zero-order valence-corrected chi connectivity index (χ0v) is 13.1. The van der Waals surface area contributed by atoms with Crippen molar-refractivity contribution in [1.29, 1.82) is 0 Å². The van der Waals surface area contributed by atoms with Gasteiger partial charge in [-0.1, -0.05) is 44.0 Å². The maximum Gasteiger partial charge on any atom is 0.220 e. The summed E-state index contributed by atoms with van der Waals surface area (Å²) < 4.78 is 1.04. The Kier molecular flexibility index (Phi) is 6.82. The summed E-state index contributed by atoms with van der Waals surface area (Å²) in [6.45, 7) is 2.00. The fourth-order valence-electron chi connectivity index (χ4n) is 1.55. The summed E-state index contributed by atoms with van der Waals surface area (Å²) in [7, 11) is 0. The van der Waals surface area contributed by atoms with Crippen LogP contribution in [-0.4, -0.2) is 11.2 Å². The van der Waals surface area contributed by atoms with Crippen LogP contribution in [0.15, 0.2) is 28.7 Å². The number of carbonyl (C=O) groups is 1. The number of nitrogens with one attached hydrogen (secondary N) is 1. The molecule has 0 saturated heterocycles. The van der Waals surface area contributed by atoms with Gasteiger partial charge in [0.1, 0.15) is 0 Å². The van der Waals surface area contributed by atoms with Crippen molar-refractivity contribution in [2.75, 3.05) is 5.33 Å². The highest BCUT2D eigenvalue weighted by molar-refractivity contribution is 9.10. The van der Waals surface area contributed by atoms with Gasteiger partial charge in [0, 0.05) is 16.2 Å². The maximum atomic E-state index is 11.6. The molecule has 94 valence electrons. The molecule has 4 heteroatoms. The van der Waals surface area contributed by atoms with E-state index in [0.717, 1.165) is 28.2 Å². The van der Waals surface area contributed by atoms with Crippen LogP contribution < -0.4 is 5.32 Å². The Morgan fingerprint density at radius 2 is 2.18 bits per heavy atom. The molecular formula is C13H17Br2NO. The van der Waals surface area contributed by atoms with Gasteiger partial charge in [-0.2, -0.15) is 0 Å². The normalized spacial score (nSPS) is 12.2. The van der Waals surface area contributed by atoms with E-state index in [2.05, 4.69) is 37.2 Å². The van der Waals surface area contributed by atoms with Crippen LogP contribution in [0.5, 0.6) is 0 Å². The molecule has 0 aliphatic carbocycles. The third kappa shape index (κ3) is 5.68. The first kappa shape index (κ1) is 14.7. The van der Waals surface area contributed by atoms with E-state index < -0.39 is 0 Å². The molecule has 1 aromatic rings. The fraction of sp³-hybridized carbons (Fsp3) is 0.462. The molecule has 1 N–H and O–H groups in total. The third-order valence-corrected chi connectivity index (χ3v) is 3.57. The fourth-order valence-corrected chi connectivity index (χ4v) is 2.37. The first-order chi connectivity index (χ1) is 8.13. The maximum absolute atomic E-state index is 11.6. The van der Waals surface area contributed by atoms with Gasteiger partial charge < -0.3 is 5.32 Å². The molecule has 0 aliphatic heterocycles. The van der Waals surface area contributed by atoms with Crippen LogP contribution in [0.4, 0.5) is 0 Å². The standard InChI is InChI=1S/C13H17Br2NO/c1-10(11-5-4-6-12(15)9-11)16-13(17)7-2-3-8-14/h4-6,9-10H,2-3,7-8H2,1H3,(H,16,17)/t10-/m0/s1. The van der Waals surface area contributed by atoms with E-state index >= 15 is 0 Å². The van der Waals surface area contributed by atoms with Crippen molar-refractivity contribution in [2.45, 2.75) is 32.2 Å². The molecule has 0 aromatic heterocycles. The molecule has 1 atom stereocenters. The Balaban J connectivity index is 2.43. The number of unbranched alkanes of at least 4 members (excludes halogenated alkanes) is 1. The lowest BCUT2D eigenvalue weighted by Crippen LogP contribution is -2.26. The second-order valence-electron chi connectivity index (χ2n) is 3.99. The molecule has 0 radical (unpaired) electrons. The molecule has 1 rings (SSSR count). The molecule has 0 saturated carbocycles. The van der Waals surface area contributed by atoms with E-state index in [9.17, 15) is 4.79 Å². The number of alkyl halides is 1. The van der Waals surface area contributed by atoms with Gasteiger partial charge >= 0.3 is 0 Å². The average Bonchev–Trinajstić information content (AvgIpc) is 2.29. The van der Waals surface area contributed by atoms with Crippen LogP contribution in [0.1, 0.15) is 37.8 Å². The van der Waals surface area contributed by atoms with E-state index in [1.54, 1.807) is 0 Å². The summed E-state index contributed by atoms with van der Waals surface area (Å²) >= 11 is 6.79. The predicted octanol–water partition coefficient (Wildman–Crippen LogP) is 4.19. The van der Waals surface area contributed by atoms with Crippen molar-refractivity contribution in [1.82, 2.24) is 5.32 Å². The van der Waals surface area contributed by atoms with Crippen molar-refractivity contribution < 1.29 is 4.79 Å². The van der Waals surface area contributed by atoms with Gasteiger partial charge in [0.15, 0.2) is 0 Å². The molecule has 1 amide bonds. The van der Waals surface area contributed by atoms with E-state index in [1.807, 2.05) is 31.2 Å². The Bertz CT molecular complexity index is 368. The van der Waals surface area contributed by atoms with Gasteiger partial charge in [0.2, 0.25) is 5.91 Å². The summed E-state index contributed by atoms with van der Waals surface area (Å²) in [5, 5.41) is 3.97. The molecule has 2 nitrogen and oxygen atoms in total. The van der Waals surface area contributed by atoms with Gasteiger partial charge in [-0.25, -0.2) is 0 Å². The summed E-state index contributed by atoms with van der Waals surface area (Å²) in [6.07, 6.45) is 2.57. The number of amides is 1. The average molecular weight is 363 g/mol. The molecule has 0 spiro atoms. The lowest BCUT2D eigenvalue weighted by Gasteiger charge is -2.14. The molecular weight excluding hydrogens is 346 g/mol. The molecule has 0 heterocycles. The van der Waals surface area contributed by atoms with Crippen LogP contribution in [0.25, 0.3) is 0 Å². The largest absolute Gasteiger partial charge is 0.350 e. The van der Waals surface area contributed by atoms with Crippen molar-refractivity contribution >= 4 is 37.8 Å². The van der Waals surface area contributed by atoms with E-state index in [4.69, 9.17) is 0 Å². The van der Waals surface area contributed by atoms with Gasteiger partial charge in [0.25, 0.3) is 0 Å². The Hall–Kier alpha value is -0.350. The van der Waals surface area contributed by atoms with Crippen molar-refractivity contribution in [3.8, 4) is 0 Å². The zero-order valence-electron chi connectivity index (χ0n) is 9.88. The summed E-state index contributed by atoms with van der Waals surface area (Å²) in [6, 6.07) is 8.07. The number of carbonyl (C=O) groups excluding carboxylic acids is 1. The monoisotopic (exact) mass is 361 g/mol. The highest BCUT2D eigenvalue weighted by atomic mass is 79.9. The molecule has 0 fully saturated rings. The van der Waals surface area contributed by atoms with Crippen molar-refractivity contribution in [3.05, 3.63) is 34.3 Å². The predicted molar refractivity (Wildman–Crippen MR) is 78.3 cm³/mol. The van der Waals surface area contributed by atoms with E-state index in [-0.39, 0.29) is 11.9 Å². The minimum Gasteiger partial charge on any atom is -0.350 e. The lowest BCUT2D eigenvalue weighted by atomic mass is 10.1. The van der Waals surface area contributed by atoms with Gasteiger partial charge in [-0.05, 0) is 37.5 Å². The lowest BCUT2D eigenvalue weighted by molar-refractivity contribution is -0.121. The molecule has 0 unspecified atom stereocenters. The summed E-state index contributed by atoms with van der Waals surface area (Å²) in [5.41, 5.74) is 1.12. The van der Waals surface area contributed by atoms with Crippen LogP contribution in [0.2, 0.25) is 0 Å². The molecule has 0 aliphatic rings. The Morgan fingerprint density at radius 3 is 2.82 bits per heavy atom. The second-order valence-corrected chi connectivity index (χ2v) is 5.70. The van der Waals surface area contributed by atoms with Crippen LogP contribution >= 0.6 is 31.9 Å². The highest BCUT2D eigenvalue weighted by Crippen LogP contribution is 2.17. The van der Waals surface area contributed by atoms with Crippen molar-refractivity contribution in [3.63, 3.8) is 0 Å². The number of hydrogen-bond donors (Lipinski definition) is 1. The minimum absolute atomic E-state index is 0.0592. The van der Waals surface area contributed by atoms with Crippen LogP contribution in [0, 0.1) is 0 Å². The topological polar surface area (TPSA) is 29.1 Å². The smallest absolute Gasteiger partial charge is 0.220 e. The third-order valence-electron chi connectivity index (χ3n) is 2.51. The first-order valence-electron chi connectivity index (χ1n) is 5.74. The summed E-state index contributed by atoms with van der Waals surface area (Å²) in [4.78, 5) is 11.6. The summed E-state index contributed by atoms with van der Waals surface area (Å²) in [5.74, 6) is 0.124. The number of rotatable bonds is 6. The van der Waals surface area contributed by atoms with Crippen LogP contribution in [0.3, 0.4) is 0 Å². The number of hydrogen-bond acceptors (Lipinski definition) is 1. The SMILES string of the molecule is C[C@H](NC(=O)CCCCBr)c1cccc(Br)c1. The number of benzene rings is 1. The molecule has 17 heavy (non-hydrogen) atoms. The molecule has 1 aromatic carbocycles. The molecule has 0 bridgehead atoms. The van der Waals surface area contributed by atoms with Gasteiger partial charge in [-0.3, -0.25) is 4.79 Å². The van der Waals surface area contributed by atoms with Crippen LogP contribution in [-0.2, 0) is 4.79 Å². The Morgan fingerprint density at radius 1 is 1.41 bits per heavy atom. The quantitative estimate of drug-likeness (QED) is 0.596. The Labute approximate surface area is 119 Å². The second kappa shape index (κ2) is 7.88. The first-order valence-corrected chi connectivity index (χ1v) is 7.65. The minimum atomic E-state index is 0.0592. The van der Waals surface area contributed by atoms with Gasteiger partial charge in [0.05, 0.1) is 6.04 Å².